The third-order valence-corrected chi connectivity index (χ3v) is 19.7. The molecule has 465 valence electrons. The molecule has 2 aliphatic heterocycles. The summed E-state index contributed by atoms with van der Waals surface area (Å²) in [6, 6.07) is 65.0. The number of rotatable bonds is 6. The second-order valence-corrected chi connectivity index (χ2v) is 30.8. The normalized spacial score (nSPS) is 13.0. The predicted octanol–water partition coefficient (Wildman–Crippen LogP) is 20.2. The third kappa shape index (κ3) is 10.3. The number of halogens is 1. The summed E-state index contributed by atoms with van der Waals surface area (Å²) < 4.78 is 20.5. The Morgan fingerprint density at radius 1 is 0.478 bits per heavy atom. The molecule has 0 amide bonds. The fraction of sp³-hybridized carbons (Fsp3) is 0.286. The fourth-order valence-electron chi connectivity index (χ4n) is 14.3. The SMILES string of the molecule is CC(C)c1cccc(C(C)C)c1-n1c(-c2[c-]cccc2)nc2ccc(-c3cc4c5c(c3)-n3c6ccc(C(C)(C)C)cc6c6cc(C(C)(C)C)cc(c63)B5c3cc(C(C)(C)C)cc5c6cc(C(C)(C)C)ccc6n-4c35)cc21.Cc1cnc(-c2[c-]cc(F)cc2)cc1C.[Ir]. The number of hydrogen-bond acceptors (Lipinski definition) is 2. The van der Waals surface area contributed by atoms with Crippen molar-refractivity contribution in [2.75, 3.05) is 0 Å². The minimum atomic E-state index is -0.275. The molecule has 0 saturated heterocycles. The Morgan fingerprint density at radius 3 is 1.50 bits per heavy atom. The number of hydrogen-bond donors (Lipinski definition) is 0. The van der Waals surface area contributed by atoms with Gasteiger partial charge in [0.15, 0.2) is 0 Å². The average molecular weight is 1380 g/mol. The maximum Gasteiger partial charge on any atom is 0.252 e. The molecule has 4 aromatic heterocycles. The van der Waals surface area contributed by atoms with Crippen LogP contribution >= 0.6 is 0 Å². The van der Waals surface area contributed by atoms with E-state index in [1.807, 2.05) is 38.2 Å². The van der Waals surface area contributed by atoms with E-state index in [1.165, 1.54) is 134 Å². The van der Waals surface area contributed by atoms with Crippen molar-refractivity contribution in [2.45, 2.75) is 158 Å². The van der Waals surface area contributed by atoms with Crippen LogP contribution in [-0.4, -0.2) is 30.4 Å². The molecule has 0 aliphatic carbocycles. The zero-order chi connectivity index (χ0) is 64.3. The molecule has 9 aromatic carbocycles. The molecule has 1 radical (unpaired) electrons. The number of imidazole rings is 1. The molecule has 0 saturated carbocycles. The molecule has 6 heterocycles. The van der Waals surface area contributed by atoms with Crippen molar-refractivity contribution in [3.05, 3.63) is 226 Å². The Morgan fingerprint density at radius 2 is 1.02 bits per heavy atom. The van der Waals surface area contributed by atoms with Crippen LogP contribution in [0.2, 0.25) is 0 Å². The summed E-state index contributed by atoms with van der Waals surface area (Å²) >= 11 is 0. The number of aromatic nitrogens is 5. The van der Waals surface area contributed by atoms with E-state index in [-0.39, 0.29) is 54.3 Å². The minimum absolute atomic E-state index is 0. The number of fused-ring (bicyclic) bond motifs is 11. The van der Waals surface area contributed by atoms with Gasteiger partial charge in [-0.1, -0.05) is 171 Å². The summed E-state index contributed by atoms with van der Waals surface area (Å²) in [6.45, 7) is 41.7. The summed E-state index contributed by atoms with van der Waals surface area (Å²) in [5.41, 5.74) is 30.4. The summed E-state index contributed by atoms with van der Waals surface area (Å²) in [5, 5.41) is 5.32. The molecule has 13 aromatic rings. The van der Waals surface area contributed by atoms with Gasteiger partial charge in [-0.15, -0.1) is 65.7 Å². The summed E-state index contributed by atoms with van der Waals surface area (Å²) in [4.78, 5) is 9.78. The van der Waals surface area contributed by atoms with Gasteiger partial charge in [-0.3, -0.25) is 9.37 Å². The minimum Gasteiger partial charge on any atom is -0.333 e. The van der Waals surface area contributed by atoms with Gasteiger partial charge < -0.3 is 18.7 Å². The van der Waals surface area contributed by atoms with Crippen molar-refractivity contribution in [1.82, 2.24) is 23.7 Å². The molecular formula is C84H83BFIrN5-2. The monoisotopic (exact) mass is 1380 g/mol. The Kier molecular flexibility index (Phi) is 15.2. The molecule has 0 atom stereocenters. The van der Waals surface area contributed by atoms with E-state index in [2.05, 4.69) is 263 Å². The van der Waals surface area contributed by atoms with Gasteiger partial charge in [0.25, 0.3) is 6.71 Å². The zero-order valence-electron chi connectivity index (χ0n) is 56.8. The van der Waals surface area contributed by atoms with E-state index >= 15 is 0 Å². The molecule has 0 bridgehead atoms. The Balaban J connectivity index is 0.000000424. The predicted molar refractivity (Wildman–Crippen MR) is 385 cm³/mol. The van der Waals surface area contributed by atoms with Crippen LogP contribution in [0.5, 0.6) is 0 Å². The van der Waals surface area contributed by atoms with E-state index in [9.17, 15) is 4.39 Å². The summed E-state index contributed by atoms with van der Waals surface area (Å²) in [5.74, 6) is 1.24. The molecule has 0 fully saturated rings. The van der Waals surface area contributed by atoms with Gasteiger partial charge >= 0.3 is 0 Å². The van der Waals surface area contributed by atoms with E-state index < -0.39 is 0 Å². The number of pyridine rings is 1. The Bertz CT molecular complexity index is 4920. The molecule has 15 rings (SSSR count). The van der Waals surface area contributed by atoms with Crippen LogP contribution in [0.4, 0.5) is 4.39 Å². The van der Waals surface area contributed by atoms with E-state index in [0.29, 0.717) is 11.8 Å². The number of benzene rings is 9. The standard InChI is InChI=1S/C71H72BN4.C13H11FN.Ir/c1-40(2)49-23-20-24-50(41(3)4)64(49)76-60-31-43(25-28-57(60)73-67(76)42-21-18-17-19-22-42)44-32-61-63-62(33-44)75-59-30-27-46(69(8,9)10)35-52(59)54-37-48(71(14,15)16)39-56(66(54)75)72(63)55-38-47(70(11,12)13)36-53-51-34-45(68(5,6)7)26-29-58(51)74(61)65(53)55;1-9-7-13(15-8-10(9)2)11-3-5-12(14)6-4-11;/h17-21,23-41H,1-16H3;3,5-8H,1-2H3;/q2*-1;. The first-order valence-electron chi connectivity index (χ1n) is 32.7. The van der Waals surface area contributed by atoms with Gasteiger partial charge in [-0.25, -0.2) is 0 Å². The molecule has 0 unspecified atom stereocenters. The quantitative estimate of drug-likeness (QED) is 0.123. The zero-order valence-corrected chi connectivity index (χ0v) is 59.2. The second kappa shape index (κ2) is 22.3. The van der Waals surface area contributed by atoms with Crippen molar-refractivity contribution in [3.8, 4) is 50.8 Å². The van der Waals surface area contributed by atoms with Crippen LogP contribution in [0.3, 0.4) is 0 Å². The molecule has 8 heteroatoms. The Hall–Kier alpha value is -8.16. The van der Waals surface area contributed by atoms with Gasteiger partial charge in [0.1, 0.15) is 0 Å². The Labute approximate surface area is 557 Å². The van der Waals surface area contributed by atoms with Gasteiger partial charge in [0.05, 0.1) is 27.9 Å². The van der Waals surface area contributed by atoms with E-state index in [0.717, 1.165) is 44.8 Å². The first kappa shape index (κ1) is 62.6. The van der Waals surface area contributed by atoms with Crippen LogP contribution in [0.15, 0.2) is 164 Å². The first-order chi connectivity index (χ1) is 43.0. The average Bonchev–Trinajstić information content (AvgIpc) is 1.45. The molecule has 92 heavy (non-hydrogen) atoms. The molecule has 5 nitrogen and oxygen atoms in total. The molecule has 0 N–H and O–H groups in total. The molecule has 2 aliphatic rings. The third-order valence-electron chi connectivity index (χ3n) is 19.7. The topological polar surface area (TPSA) is 40.6 Å². The van der Waals surface area contributed by atoms with Gasteiger partial charge in [0.2, 0.25) is 0 Å². The number of para-hydroxylation sites is 1. The van der Waals surface area contributed by atoms with E-state index in [1.54, 1.807) is 6.07 Å². The van der Waals surface area contributed by atoms with Crippen LogP contribution in [0.1, 0.15) is 167 Å². The maximum atomic E-state index is 12.7. The van der Waals surface area contributed by atoms with Crippen LogP contribution < -0.4 is 16.4 Å². The van der Waals surface area contributed by atoms with Crippen LogP contribution in [-0.2, 0) is 41.8 Å². The second-order valence-electron chi connectivity index (χ2n) is 30.8. The number of aryl methyl sites for hydroxylation is 2. The van der Waals surface area contributed by atoms with E-state index in [4.69, 9.17) is 4.98 Å². The largest absolute Gasteiger partial charge is 0.333 e. The van der Waals surface area contributed by atoms with Crippen LogP contribution in [0.25, 0.3) is 105 Å². The van der Waals surface area contributed by atoms with Gasteiger partial charge in [0, 0.05) is 81.8 Å². The molecule has 0 spiro atoms. The summed E-state index contributed by atoms with van der Waals surface area (Å²) in [6.07, 6.45) is 1.82. The van der Waals surface area contributed by atoms with Crippen LogP contribution in [0, 0.1) is 31.8 Å². The van der Waals surface area contributed by atoms with Crippen molar-refractivity contribution in [3.63, 3.8) is 0 Å². The van der Waals surface area contributed by atoms with Crippen molar-refractivity contribution < 1.29 is 24.5 Å². The maximum absolute atomic E-state index is 12.7. The van der Waals surface area contributed by atoms with Gasteiger partial charge in [-0.2, -0.15) is 0 Å². The van der Waals surface area contributed by atoms with Crippen molar-refractivity contribution in [2.24, 2.45) is 0 Å². The molecular weight excluding hydrogens is 1300 g/mol. The van der Waals surface area contributed by atoms with Crippen molar-refractivity contribution in [1.29, 1.82) is 0 Å². The smallest absolute Gasteiger partial charge is 0.252 e. The number of nitrogens with zero attached hydrogens (tertiary/aromatic N) is 5. The van der Waals surface area contributed by atoms with Gasteiger partial charge in [-0.05, 0) is 180 Å². The first-order valence-corrected chi connectivity index (χ1v) is 32.7. The fourth-order valence-corrected chi connectivity index (χ4v) is 14.3. The summed E-state index contributed by atoms with van der Waals surface area (Å²) in [7, 11) is 0. The van der Waals surface area contributed by atoms with Crippen molar-refractivity contribution >= 4 is 77.7 Å².